The molecule has 0 saturated heterocycles. The minimum Gasteiger partial charge on any atom is -0.398 e. The molecule has 6 rings (SSSR count). The Labute approximate surface area is 224 Å². The first-order valence-corrected chi connectivity index (χ1v) is 13.0. The van der Waals surface area contributed by atoms with Gasteiger partial charge < -0.3 is 5.73 Å². The van der Waals surface area contributed by atoms with Gasteiger partial charge in [-0.1, -0.05) is 118 Å². The molecule has 0 atom stereocenters. The van der Waals surface area contributed by atoms with E-state index in [4.69, 9.17) is 10.7 Å². The summed E-state index contributed by atoms with van der Waals surface area (Å²) in [6.45, 7) is 6.68. The highest BCUT2D eigenvalue weighted by Gasteiger charge is 2.23. The molecule has 0 aliphatic rings. The van der Waals surface area contributed by atoms with Gasteiger partial charge in [0, 0.05) is 22.4 Å². The van der Waals surface area contributed by atoms with Crippen LogP contribution in [0.3, 0.4) is 0 Å². The fourth-order valence-corrected chi connectivity index (χ4v) is 5.12. The lowest BCUT2D eigenvalue weighted by Crippen LogP contribution is -2.12. The number of benzene rings is 5. The zero-order valence-electron chi connectivity index (χ0n) is 22.0. The van der Waals surface area contributed by atoms with E-state index in [9.17, 15) is 0 Å². The Kier molecular flexibility index (Phi) is 5.84. The highest BCUT2D eigenvalue weighted by atomic mass is 15.1. The number of nitrogens with zero attached hydrogens (tertiary/aromatic N) is 2. The predicted octanol–water partition coefficient (Wildman–Crippen LogP) is 8.91. The summed E-state index contributed by atoms with van der Waals surface area (Å²) >= 11 is 0. The molecule has 0 radical (unpaired) electrons. The molecule has 1 aromatic heterocycles. The molecular formula is C35H31N3. The van der Waals surface area contributed by atoms with Gasteiger partial charge in [-0.15, -0.1) is 0 Å². The molecule has 0 aliphatic heterocycles. The van der Waals surface area contributed by atoms with E-state index in [1.165, 1.54) is 5.56 Å². The molecular weight excluding hydrogens is 462 g/mol. The zero-order chi connectivity index (χ0) is 26.3. The number of aromatic nitrogens is 2. The van der Waals surface area contributed by atoms with E-state index in [2.05, 4.69) is 135 Å². The molecule has 0 spiro atoms. The second-order valence-electron chi connectivity index (χ2n) is 10.7. The summed E-state index contributed by atoms with van der Waals surface area (Å²) in [5.41, 5.74) is 17.2. The van der Waals surface area contributed by atoms with Gasteiger partial charge in [0.1, 0.15) is 5.82 Å². The Balaban J connectivity index is 1.72. The topological polar surface area (TPSA) is 43.8 Å². The van der Waals surface area contributed by atoms with Crippen molar-refractivity contribution in [1.29, 1.82) is 0 Å². The maximum atomic E-state index is 6.68. The minimum atomic E-state index is -0.0174. The fraction of sp³-hybridized carbons (Fsp3) is 0.114. The van der Waals surface area contributed by atoms with Crippen LogP contribution in [0.4, 0.5) is 5.69 Å². The van der Waals surface area contributed by atoms with Crippen LogP contribution in [-0.2, 0) is 5.41 Å². The van der Waals surface area contributed by atoms with E-state index in [-0.39, 0.29) is 5.41 Å². The Morgan fingerprint density at radius 1 is 0.605 bits per heavy atom. The summed E-state index contributed by atoms with van der Waals surface area (Å²) < 4.78 is 2.28. The van der Waals surface area contributed by atoms with Crippen molar-refractivity contribution < 1.29 is 0 Å². The Hall–Kier alpha value is -4.63. The summed E-state index contributed by atoms with van der Waals surface area (Å²) in [4.78, 5) is 5.34. The molecule has 3 nitrogen and oxygen atoms in total. The molecule has 38 heavy (non-hydrogen) atoms. The third-order valence-corrected chi connectivity index (χ3v) is 7.16. The molecule has 2 N–H and O–H groups in total. The molecule has 0 aliphatic carbocycles. The predicted molar refractivity (Wildman–Crippen MR) is 160 cm³/mol. The number of nitrogen functional groups attached to an aromatic ring is 1. The van der Waals surface area contributed by atoms with Crippen molar-refractivity contribution in [2.75, 3.05) is 5.73 Å². The van der Waals surface area contributed by atoms with Crippen LogP contribution in [0.15, 0.2) is 121 Å². The van der Waals surface area contributed by atoms with Gasteiger partial charge in [-0.05, 0) is 46.4 Å². The summed E-state index contributed by atoms with van der Waals surface area (Å²) in [7, 11) is 0. The van der Waals surface area contributed by atoms with Crippen molar-refractivity contribution in [3.63, 3.8) is 0 Å². The molecule has 3 heteroatoms. The third kappa shape index (κ3) is 4.16. The standard InChI is InChI=1S/C35H31N3/c1-35(2,3)26-21-22-30(36)29(23-26)34-37-33-28(25-15-8-5-9-16-25)18-12-20-32(33)38(34)31-19-11-10-17-27(31)24-13-6-4-7-14-24/h4-23H,36H2,1-3H3. The average Bonchev–Trinajstić information content (AvgIpc) is 3.33. The number of rotatable bonds is 4. The molecule has 0 saturated carbocycles. The van der Waals surface area contributed by atoms with Crippen LogP contribution in [0, 0.1) is 0 Å². The van der Waals surface area contributed by atoms with Crippen LogP contribution >= 0.6 is 0 Å². The molecule has 5 aromatic carbocycles. The van der Waals surface area contributed by atoms with Crippen molar-refractivity contribution in [3.8, 4) is 39.3 Å². The molecule has 0 unspecified atom stereocenters. The first kappa shape index (κ1) is 23.7. The second-order valence-corrected chi connectivity index (χ2v) is 10.7. The number of fused-ring (bicyclic) bond motifs is 1. The van der Waals surface area contributed by atoms with Gasteiger partial charge in [0.15, 0.2) is 0 Å². The first-order chi connectivity index (χ1) is 18.4. The van der Waals surface area contributed by atoms with Crippen molar-refractivity contribution in [1.82, 2.24) is 9.55 Å². The number of hydrogen-bond acceptors (Lipinski definition) is 2. The van der Waals surface area contributed by atoms with Crippen LogP contribution < -0.4 is 5.73 Å². The Morgan fingerprint density at radius 2 is 1.21 bits per heavy atom. The van der Waals surface area contributed by atoms with Crippen LogP contribution in [-0.4, -0.2) is 9.55 Å². The van der Waals surface area contributed by atoms with Crippen LogP contribution in [0.25, 0.3) is 50.4 Å². The maximum absolute atomic E-state index is 6.68. The van der Waals surface area contributed by atoms with Crippen molar-refractivity contribution in [3.05, 3.63) is 127 Å². The van der Waals surface area contributed by atoms with E-state index in [0.29, 0.717) is 5.69 Å². The van der Waals surface area contributed by atoms with Gasteiger partial charge in [0.05, 0.1) is 16.7 Å². The van der Waals surface area contributed by atoms with Crippen LogP contribution in [0.2, 0.25) is 0 Å². The highest BCUT2D eigenvalue weighted by Crippen LogP contribution is 2.40. The zero-order valence-corrected chi connectivity index (χ0v) is 22.0. The lowest BCUT2D eigenvalue weighted by molar-refractivity contribution is 0.590. The average molecular weight is 494 g/mol. The molecule has 6 aromatic rings. The number of anilines is 1. The molecule has 0 bridgehead atoms. The second kappa shape index (κ2) is 9.35. The van der Waals surface area contributed by atoms with E-state index < -0.39 is 0 Å². The molecule has 0 fully saturated rings. The van der Waals surface area contributed by atoms with E-state index >= 15 is 0 Å². The smallest absolute Gasteiger partial charge is 0.147 e. The first-order valence-electron chi connectivity index (χ1n) is 13.0. The van der Waals surface area contributed by atoms with Crippen molar-refractivity contribution >= 4 is 16.7 Å². The van der Waals surface area contributed by atoms with Gasteiger partial charge >= 0.3 is 0 Å². The van der Waals surface area contributed by atoms with Crippen LogP contribution in [0.1, 0.15) is 26.3 Å². The number of para-hydroxylation sites is 2. The third-order valence-electron chi connectivity index (χ3n) is 7.16. The van der Waals surface area contributed by atoms with Gasteiger partial charge in [0.2, 0.25) is 0 Å². The quantitative estimate of drug-likeness (QED) is 0.249. The minimum absolute atomic E-state index is 0.0174. The normalized spacial score (nSPS) is 11.7. The summed E-state index contributed by atoms with van der Waals surface area (Å²) in [6, 6.07) is 42.3. The fourth-order valence-electron chi connectivity index (χ4n) is 5.12. The summed E-state index contributed by atoms with van der Waals surface area (Å²) in [5, 5.41) is 0. The number of imidazole rings is 1. The van der Waals surface area contributed by atoms with Crippen molar-refractivity contribution in [2.24, 2.45) is 0 Å². The van der Waals surface area contributed by atoms with Gasteiger partial charge in [-0.2, -0.15) is 0 Å². The molecule has 1 heterocycles. The summed E-state index contributed by atoms with van der Waals surface area (Å²) in [5.74, 6) is 0.843. The lowest BCUT2D eigenvalue weighted by Gasteiger charge is -2.21. The van der Waals surface area contributed by atoms with E-state index in [1.807, 2.05) is 12.1 Å². The van der Waals surface area contributed by atoms with E-state index in [1.54, 1.807) is 0 Å². The van der Waals surface area contributed by atoms with Crippen molar-refractivity contribution in [2.45, 2.75) is 26.2 Å². The lowest BCUT2D eigenvalue weighted by atomic mass is 9.86. The number of hydrogen-bond donors (Lipinski definition) is 1. The number of nitrogens with two attached hydrogens (primary N) is 1. The van der Waals surface area contributed by atoms with Gasteiger partial charge in [-0.3, -0.25) is 4.57 Å². The maximum Gasteiger partial charge on any atom is 0.147 e. The Morgan fingerprint density at radius 3 is 1.89 bits per heavy atom. The van der Waals surface area contributed by atoms with Crippen LogP contribution in [0.5, 0.6) is 0 Å². The largest absolute Gasteiger partial charge is 0.398 e. The van der Waals surface area contributed by atoms with Gasteiger partial charge in [-0.25, -0.2) is 4.98 Å². The van der Waals surface area contributed by atoms with Gasteiger partial charge in [0.25, 0.3) is 0 Å². The monoisotopic (exact) mass is 493 g/mol. The highest BCUT2D eigenvalue weighted by molar-refractivity contribution is 5.97. The summed E-state index contributed by atoms with van der Waals surface area (Å²) in [6.07, 6.45) is 0. The van der Waals surface area contributed by atoms with E-state index in [0.717, 1.165) is 50.4 Å². The molecule has 0 amide bonds. The molecule has 186 valence electrons. The SMILES string of the molecule is CC(C)(C)c1ccc(N)c(-c2nc3c(-c4ccccc4)cccc3n2-c2ccccc2-c2ccccc2)c1. The Bertz CT molecular complexity index is 1740.